The van der Waals surface area contributed by atoms with E-state index in [2.05, 4.69) is 10.6 Å². The van der Waals surface area contributed by atoms with E-state index in [0.717, 1.165) is 5.56 Å². The highest BCUT2D eigenvalue weighted by atomic mass is 16.4. The van der Waals surface area contributed by atoms with Gasteiger partial charge >= 0.3 is 5.97 Å². The number of primary amides is 1. The Kier molecular flexibility index (Phi) is 10.9. The molecule has 0 saturated carbocycles. The summed E-state index contributed by atoms with van der Waals surface area (Å²) in [6, 6.07) is 2.13. The van der Waals surface area contributed by atoms with Crippen molar-refractivity contribution in [3.63, 3.8) is 0 Å². The number of nitrogens with two attached hydrogens (primary N) is 2. The zero-order valence-corrected chi connectivity index (χ0v) is 21.2. The third-order valence-corrected chi connectivity index (χ3v) is 6.18. The molecule has 0 aromatic heterocycles. The predicted octanol–water partition coefficient (Wildman–Crippen LogP) is -0.381. The van der Waals surface area contributed by atoms with Gasteiger partial charge in [0.15, 0.2) is 0 Å². The van der Waals surface area contributed by atoms with Crippen LogP contribution in [0.25, 0.3) is 0 Å². The van der Waals surface area contributed by atoms with Gasteiger partial charge in [0.2, 0.25) is 23.6 Å². The summed E-state index contributed by atoms with van der Waals surface area (Å²) < 4.78 is 0. The number of likely N-dealkylation sites (tertiary alicyclic amines) is 1. The minimum Gasteiger partial charge on any atom is -0.508 e. The van der Waals surface area contributed by atoms with Crippen LogP contribution < -0.4 is 22.1 Å². The van der Waals surface area contributed by atoms with Gasteiger partial charge in [0, 0.05) is 13.0 Å². The summed E-state index contributed by atoms with van der Waals surface area (Å²) in [5.41, 5.74) is 12.1. The Morgan fingerprint density at radius 1 is 1.08 bits per heavy atom. The molecule has 1 aromatic rings. The number of carboxylic acid groups (broad SMARTS) is 1. The first-order valence-electron chi connectivity index (χ1n) is 12.3. The predicted molar refractivity (Wildman–Crippen MR) is 134 cm³/mol. The lowest BCUT2D eigenvalue weighted by Crippen LogP contribution is -2.57. The van der Waals surface area contributed by atoms with E-state index in [1.54, 1.807) is 12.1 Å². The van der Waals surface area contributed by atoms with E-state index < -0.39 is 53.8 Å². The van der Waals surface area contributed by atoms with Gasteiger partial charge in [0.1, 0.15) is 23.9 Å². The van der Waals surface area contributed by atoms with Crippen LogP contribution in [0, 0.1) is 5.92 Å². The number of nitrogens with one attached hydrogen (secondary N) is 2. The minimum absolute atomic E-state index is 0.0103. The van der Waals surface area contributed by atoms with E-state index in [-0.39, 0.29) is 37.4 Å². The minimum atomic E-state index is -1.21. The van der Waals surface area contributed by atoms with E-state index in [9.17, 15) is 34.2 Å². The molecule has 12 nitrogen and oxygen atoms in total. The first kappa shape index (κ1) is 29.6. The molecular weight excluding hydrogens is 482 g/mol. The number of aromatic hydroxyl groups is 1. The second kappa shape index (κ2) is 13.6. The van der Waals surface area contributed by atoms with Crippen LogP contribution in [-0.4, -0.2) is 75.4 Å². The maximum atomic E-state index is 13.1. The lowest BCUT2D eigenvalue weighted by Gasteiger charge is -2.28. The van der Waals surface area contributed by atoms with Gasteiger partial charge in [-0.3, -0.25) is 19.2 Å². The number of phenolic OH excluding ortho intramolecular Hbond substituents is 1. The number of aliphatic carboxylic acids is 1. The summed E-state index contributed by atoms with van der Waals surface area (Å²) in [5.74, 6) is -3.57. The molecule has 37 heavy (non-hydrogen) atoms. The quantitative estimate of drug-likeness (QED) is 0.202. The fourth-order valence-electron chi connectivity index (χ4n) is 4.28. The summed E-state index contributed by atoms with van der Waals surface area (Å²) in [6.45, 7) is 3.94. The van der Waals surface area contributed by atoms with Crippen molar-refractivity contribution in [2.24, 2.45) is 17.4 Å². The Balaban J connectivity index is 2.10. The number of nitrogens with zero attached hydrogens (tertiary/aromatic N) is 1. The zero-order chi connectivity index (χ0) is 27.7. The second-order valence-electron chi connectivity index (χ2n) is 9.76. The molecule has 204 valence electrons. The molecule has 2 rings (SSSR count). The molecular formula is C25H37N5O7. The molecule has 0 bridgehead atoms. The van der Waals surface area contributed by atoms with Gasteiger partial charge in [-0.2, -0.15) is 0 Å². The Morgan fingerprint density at radius 3 is 2.30 bits per heavy atom. The van der Waals surface area contributed by atoms with E-state index in [1.165, 1.54) is 17.0 Å². The third-order valence-electron chi connectivity index (χ3n) is 6.18. The van der Waals surface area contributed by atoms with E-state index in [0.29, 0.717) is 19.4 Å². The van der Waals surface area contributed by atoms with Crippen molar-refractivity contribution in [2.75, 3.05) is 6.54 Å². The molecule has 1 aromatic carbocycles. The zero-order valence-electron chi connectivity index (χ0n) is 21.2. The summed E-state index contributed by atoms with van der Waals surface area (Å²) in [7, 11) is 0. The highest BCUT2D eigenvalue weighted by molar-refractivity contribution is 5.94. The molecule has 12 heteroatoms. The smallest absolute Gasteiger partial charge is 0.326 e. The molecule has 1 heterocycles. The molecule has 1 saturated heterocycles. The average molecular weight is 520 g/mol. The van der Waals surface area contributed by atoms with Crippen molar-refractivity contribution in [1.82, 2.24) is 15.5 Å². The highest BCUT2D eigenvalue weighted by Gasteiger charge is 2.38. The Hall–Kier alpha value is -3.67. The Morgan fingerprint density at radius 2 is 1.73 bits per heavy atom. The number of amides is 4. The fourth-order valence-corrected chi connectivity index (χ4v) is 4.28. The molecule has 4 amide bonds. The van der Waals surface area contributed by atoms with E-state index in [1.807, 2.05) is 13.8 Å². The molecule has 0 aliphatic carbocycles. The van der Waals surface area contributed by atoms with Crippen molar-refractivity contribution in [2.45, 2.75) is 76.5 Å². The first-order valence-corrected chi connectivity index (χ1v) is 12.3. The van der Waals surface area contributed by atoms with Gasteiger partial charge in [-0.15, -0.1) is 0 Å². The first-order chi connectivity index (χ1) is 17.4. The number of carbonyl (C=O) groups excluding carboxylic acids is 4. The van der Waals surface area contributed by atoms with Crippen LogP contribution in [0.4, 0.5) is 0 Å². The monoisotopic (exact) mass is 519 g/mol. The molecule has 0 spiro atoms. The van der Waals surface area contributed by atoms with E-state index >= 15 is 0 Å². The largest absolute Gasteiger partial charge is 0.508 e. The standard InChI is InChI=1S/C25H37N5O7/c1-14(2)12-19(25(36)37)29-22(33)18(9-10-21(27)32)28-23(34)20-4-3-11-30(20)24(35)17(26)13-15-5-7-16(31)8-6-15/h5-8,14,17-20,31H,3-4,9-13,26H2,1-2H3,(H2,27,32)(H,28,34)(H,29,33)(H,36,37). The Labute approximate surface area is 215 Å². The SMILES string of the molecule is CC(C)CC(NC(=O)C(CCC(N)=O)NC(=O)C1CCCN1C(=O)C(N)Cc1ccc(O)cc1)C(=O)O. The number of hydrogen-bond donors (Lipinski definition) is 6. The van der Waals surface area contributed by atoms with Gasteiger partial charge in [-0.05, 0) is 55.7 Å². The molecule has 4 unspecified atom stereocenters. The van der Waals surface area contributed by atoms with Crippen LogP contribution in [0.2, 0.25) is 0 Å². The number of hydrogen-bond acceptors (Lipinski definition) is 7. The van der Waals surface area contributed by atoms with Crippen molar-refractivity contribution < 1.29 is 34.2 Å². The lowest BCUT2D eigenvalue weighted by molar-refractivity contribution is -0.143. The molecule has 4 atom stereocenters. The third kappa shape index (κ3) is 9.05. The van der Waals surface area contributed by atoms with Crippen LogP contribution in [0.3, 0.4) is 0 Å². The maximum Gasteiger partial charge on any atom is 0.326 e. The molecule has 8 N–H and O–H groups in total. The van der Waals surface area contributed by atoms with Crippen LogP contribution >= 0.6 is 0 Å². The van der Waals surface area contributed by atoms with Crippen molar-refractivity contribution >= 4 is 29.6 Å². The normalized spacial score (nSPS) is 17.6. The van der Waals surface area contributed by atoms with Gasteiger partial charge < -0.3 is 37.2 Å². The summed E-state index contributed by atoms with van der Waals surface area (Å²) >= 11 is 0. The lowest BCUT2D eigenvalue weighted by atomic mass is 10.0. The van der Waals surface area contributed by atoms with Gasteiger partial charge in [-0.25, -0.2) is 4.79 Å². The number of carbonyl (C=O) groups is 5. The summed E-state index contributed by atoms with van der Waals surface area (Å²) in [4.78, 5) is 63.4. The fraction of sp³-hybridized carbons (Fsp3) is 0.560. The molecule has 0 radical (unpaired) electrons. The number of benzene rings is 1. The molecule has 1 aliphatic heterocycles. The van der Waals surface area contributed by atoms with Crippen molar-refractivity contribution in [3.8, 4) is 5.75 Å². The number of carboxylic acids is 1. The number of phenols is 1. The van der Waals surface area contributed by atoms with E-state index in [4.69, 9.17) is 11.5 Å². The highest BCUT2D eigenvalue weighted by Crippen LogP contribution is 2.20. The van der Waals surface area contributed by atoms with Crippen LogP contribution in [-0.2, 0) is 30.4 Å². The van der Waals surface area contributed by atoms with Gasteiger partial charge in [0.05, 0.1) is 6.04 Å². The van der Waals surface area contributed by atoms with Gasteiger partial charge in [-0.1, -0.05) is 26.0 Å². The van der Waals surface area contributed by atoms with Crippen LogP contribution in [0.1, 0.15) is 51.5 Å². The van der Waals surface area contributed by atoms with Crippen LogP contribution in [0.15, 0.2) is 24.3 Å². The Bertz CT molecular complexity index is 982. The molecule has 1 aliphatic rings. The topological polar surface area (TPSA) is 205 Å². The van der Waals surface area contributed by atoms with Crippen LogP contribution in [0.5, 0.6) is 5.75 Å². The summed E-state index contributed by atoms with van der Waals surface area (Å²) in [5, 5.41) is 23.9. The van der Waals surface area contributed by atoms with Gasteiger partial charge in [0.25, 0.3) is 0 Å². The summed E-state index contributed by atoms with van der Waals surface area (Å²) in [6.07, 6.45) is 0.983. The van der Waals surface area contributed by atoms with Crippen molar-refractivity contribution in [3.05, 3.63) is 29.8 Å². The molecule has 1 fully saturated rings. The number of rotatable bonds is 13. The maximum absolute atomic E-state index is 13.1. The van der Waals surface area contributed by atoms with Crippen molar-refractivity contribution in [1.29, 1.82) is 0 Å². The second-order valence-corrected chi connectivity index (χ2v) is 9.76. The average Bonchev–Trinajstić information content (AvgIpc) is 3.31.